The average molecular weight is 437 g/mol. The van der Waals surface area contributed by atoms with Gasteiger partial charge in [0.2, 0.25) is 0 Å². The fourth-order valence-corrected chi connectivity index (χ4v) is 5.47. The second-order valence-corrected chi connectivity index (χ2v) is 9.58. The van der Waals surface area contributed by atoms with Crippen LogP contribution in [0.2, 0.25) is 0 Å². The van der Waals surface area contributed by atoms with Crippen molar-refractivity contribution in [3.63, 3.8) is 0 Å². The van der Waals surface area contributed by atoms with Crippen LogP contribution in [-0.2, 0) is 25.0 Å². The van der Waals surface area contributed by atoms with Crippen LogP contribution < -0.4 is 5.32 Å². The molecular formula is C26H40N6. The number of aryl methyl sites for hydroxylation is 1. The van der Waals surface area contributed by atoms with E-state index in [1.807, 2.05) is 13.2 Å². The van der Waals surface area contributed by atoms with Crippen LogP contribution in [0.15, 0.2) is 36.7 Å². The van der Waals surface area contributed by atoms with Crippen molar-refractivity contribution >= 4 is 0 Å². The monoisotopic (exact) mass is 436 g/mol. The zero-order valence-electron chi connectivity index (χ0n) is 20.3. The van der Waals surface area contributed by atoms with E-state index in [9.17, 15) is 0 Å². The summed E-state index contributed by atoms with van der Waals surface area (Å²) >= 11 is 0. The van der Waals surface area contributed by atoms with Crippen LogP contribution in [0.5, 0.6) is 0 Å². The maximum atomic E-state index is 5.13. The van der Waals surface area contributed by atoms with Gasteiger partial charge in [-0.2, -0.15) is 0 Å². The fraction of sp³-hybridized carbons (Fsp3) is 0.615. The van der Waals surface area contributed by atoms with E-state index >= 15 is 0 Å². The first-order chi connectivity index (χ1) is 15.6. The van der Waals surface area contributed by atoms with Crippen LogP contribution >= 0.6 is 0 Å². The summed E-state index contributed by atoms with van der Waals surface area (Å²) in [6.07, 6.45) is 15.5. The molecule has 3 heterocycles. The number of hydrogen-bond donors (Lipinski definition) is 1. The number of allylic oxidation sites excluding steroid dienone is 1. The van der Waals surface area contributed by atoms with Gasteiger partial charge in [0.25, 0.3) is 0 Å². The summed E-state index contributed by atoms with van der Waals surface area (Å²) in [5.41, 5.74) is 3.75. The quantitative estimate of drug-likeness (QED) is 0.604. The summed E-state index contributed by atoms with van der Waals surface area (Å²) in [6, 6.07) is 4.68. The molecule has 6 heteroatoms. The lowest BCUT2D eigenvalue weighted by Gasteiger charge is -2.42. The number of imidazole rings is 1. The molecule has 2 unspecified atom stereocenters. The van der Waals surface area contributed by atoms with Crippen molar-refractivity contribution in [2.75, 3.05) is 33.7 Å². The zero-order chi connectivity index (χ0) is 22.6. The van der Waals surface area contributed by atoms with E-state index in [1.54, 1.807) is 0 Å². The molecule has 2 aromatic heterocycles. The summed E-state index contributed by atoms with van der Waals surface area (Å²) in [7, 11) is 4.27. The minimum atomic E-state index is -0.0853. The van der Waals surface area contributed by atoms with Crippen LogP contribution in [0.4, 0.5) is 0 Å². The molecule has 2 atom stereocenters. The Bertz CT molecular complexity index is 919. The Balaban J connectivity index is 1.58. The molecule has 0 bridgehead atoms. The van der Waals surface area contributed by atoms with E-state index in [0.717, 1.165) is 57.6 Å². The number of hydrogen-bond acceptors (Lipinski definition) is 5. The first-order valence-corrected chi connectivity index (χ1v) is 12.3. The summed E-state index contributed by atoms with van der Waals surface area (Å²) < 4.78 is 2.47. The van der Waals surface area contributed by atoms with Crippen LogP contribution in [0.1, 0.15) is 68.3 Å². The highest BCUT2D eigenvalue weighted by molar-refractivity contribution is 5.25. The smallest absolute Gasteiger partial charge is 0.114 e. The maximum Gasteiger partial charge on any atom is 0.114 e. The van der Waals surface area contributed by atoms with Gasteiger partial charge in [-0.3, -0.25) is 14.8 Å². The lowest BCUT2D eigenvalue weighted by Crippen LogP contribution is -2.50. The average Bonchev–Trinajstić information content (AvgIpc) is 3.15. The standard InChI is InChI=1S/C26H40N6/c1-5-17-31(18-16-27-3)26(2)14-7-6-13-24-29-22(20-32(24)26)19-30(4)23-12-8-10-21-11-9-15-28-25(21)23/h6-7,9,11,15,20,23,27H,5,8,10,12-14,16-19H2,1-4H3. The molecule has 0 amide bonds. The SMILES string of the molecule is CCCN(CCNC)C1(C)CC=CCc2nc(CN(C)C3CCCc4cccnc43)cn21. The minimum absolute atomic E-state index is 0.0853. The third-order valence-electron chi connectivity index (χ3n) is 7.23. The van der Waals surface area contributed by atoms with Crippen molar-refractivity contribution in [2.24, 2.45) is 0 Å². The molecule has 6 nitrogen and oxygen atoms in total. The number of nitrogens with zero attached hydrogens (tertiary/aromatic N) is 5. The lowest BCUT2D eigenvalue weighted by molar-refractivity contribution is 0.0362. The Labute approximate surface area is 193 Å². The van der Waals surface area contributed by atoms with E-state index in [4.69, 9.17) is 9.97 Å². The van der Waals surface area contributed by atoms with Gasteiger partial charge in [0.1, 0.15) is 5.82 Å². The van der Waals surface area contributed by atoms with Crippen LogP contribution in [-0.4, -0.2) is 58.1 Å². The van der Waals surface area contributed by atoms with E-state index < -0.39 is 0 Å². The highest BCUT2D eigenvalue weighted by Gasteiger charge is 2.35. The van der Waals surface area contributed by atoms with E-state index in [2.05, 4.69) is 71.1 Å². The summed E-state index contributed by atoms with van der Waals surface area (Å²) in [5, 5.41) is 3.33. The first-order valence-electron chi connectivity index (χ1n) is 12.3. The number of nitrogens with one attached hydrogen (secondary N) is 1. The number of aromatic nitrogens is 3. The molecule has 1 aliphatic heterocycles. The van der Waals surface area contributed by atoms with Gasteiger partial charge in [-0.25, -0.2) is 4.98 Å². The van der Waals surface area contributed by atoms with Gasteiger partial charge >= 0.3 is 0 Å². The van der Waals surface area contributed by atoms with Gasteiger partial charge in [-0.15, -0.1) is 0 Å². The third-order valence-corrected chi connectivity index (χ3v) is 7.23. The second kappa shape index (κ2) is 10.3. The lowest BCUT2D eigenvalue weighted by atomic mass is 9.91. The van der Waals surface area contributed by atoms with Crippen molar-refractivity contribution in [1.82, 2.24) is 29.7 Å². The van der Waals surface area contributed by atoms with E-state index in [1.165, 1.54) is 29.9 Å². The van der Waals surface area contributed by atoms with Gasteiger partial charge < -0.3 is 9.88 Å². The first kappa shape index (κ1) is 23.1. The topological polar surface area (TPSA) is 49.2 Å². The molecule has 32 heavy (non-hydrogen) atoms. The largest absolute Gasteiger partial charge is 0.318 e. The number of likely N-dealkylation sites (N-methyl/N-ethyl adjacent to an activating group) is 1. The molecule has 4 rings (SSSR count). The van der Waals surface area contributed by atoms with Gasteiger partial charge in [0, 0.05) is 51.4 Å². The van der Waals surface area contributed by atoms with Gasteiger partial charge in [0.05, 0.1) is 23.1 Å². The van der Waals surface area contributed by atoms with Crippen LogP contribution in [0.3, 0.4) is 0 Å². The highest BCUT2D eigenvalue weighted by atomic mass is 15.4. The molecule has 0 fully saturated rings. The minimum Gasteiger partial charge on any atom is -0.318 e. The molecule has 2 aliphatic rings. The molecule has 0 saturated heterocycles. The molecule has 174 valence electrons. The van der Waals surface area contributed by atoms with Gasteiger partial charge in [-0.1, -0.05) is 25.1 Å². The molecule has 0 aromatic carbocycles. The molecular weight excluding hydrogens is 396 g/mol. The predicted molar refractivity (Wildman–Crippen MR) is 131 cm³/mol. The van der Waals surface area contributed by atoms with E-state index in [0.29, 0.717) is 6.04 Å². The van der Waals surface area contributed by atoms with Crippen molar-refractivity contribution in [1.29, 1.82) is 0 Å². The van der Waals surface area contributed by atoms with Crippen molar-refractivity contribution < 1.29 is 0 Å². The molecule has 0 radical (unpaired) electrons. The van der Waals surface area contributed by atoms with Gasteiger partial charge in [-0.05, 0) is 58.3 Å². The molecule has 0 spiro atoms. The zero-order valence-corrected chi connectivity index (χ0v) is 20.3. The summed E-state index contributed by atoms with van der Waals surface area (Å²) in [6.45, 7) is 8.62. The summed E-state index contributed by atoms with van der Waals surface area (Å²) in [5.74, 6) is 1.18. The van der Waals surface area contributed by atoms with Crippen molar-refractivity contribution in [2.45, 2.75) is 70.6 Å². The fourth-order valence-electron chi connectivity index (χ4n) is 5.47. The Morgan fingerprint density at radius 3 is 2.97 bits per heavy atom. The number of pyridine rings is 1. The predicted octanol–water partition coefficient (Wildman–Crippen LogP) is 3.89. The summed E-state index contributed by atoms with van der Waals surface area (Å²) in [4.78, 5) is 14.9. The Hall–Kier alpha value is -2.02. The molecule has 0 saturated carbocycles. The molecule has 1 aliphatic carbocycles. The molecule has 2 aromatic rings. The molecule has 1 N–H and O–H groups in total. The van der Waals surface area contributed by atoms with Crippen molar-refractivity contribution in [3.05, 3.63) is 59.5 Å². The van der Waals surface area contributed by atoms with Crippen molar-refractivity contribution in [3.8, 4) is 0 Å². The second-order valence-electron chi connectivity index (χ2n) is 9.58. The van der Waals surface area contributed by atoms with Crippen LogP contribution in [0.25, 0.3) is 0 Å². The Morgan fingerprint density at radius 2 is 2.16 bits per heavy atom. The maximum absolute atomic E-state index is 5.13. The third kappa shape index (κ3) is 4.68. The Kier molecular flexibility index (Phi) is 7.44. The number of rotatable bonds is 9. The Morgan fingerprint density at radius 1 is 1.28 bits per heavy atom. The van der Waals surface area contributed by atoms with Gasteiger partial charge in [0.15, 0.2) is 0 Å². The van der Waals surface area contributed by atoms with E-state index in [-0.39, 0.29) is 5.66 Å². The highest BCUT2D eigenvalue weighted by Crippen LogP contribution is 2.34. The van der Waals surface area contributed by atoms with Crippen LogP contribution in [0, 0.1) is 0 Å². The number of fused-ring (bicyclic) bond motifs is 2. The normalized spacial score (nSPS) is 22.8.